The molecule has 0 radical (unpaired) electrons. The normalized spacial score (nSPS) is 10.6. The van der Waals surface area contributed by atoms with E-state index < -0.39 is 0 Å². The lowest BCUT2D eigenvalue weighted by atomic mass is 10.0. The molecule has 0 spiro atoms. The predicted octanol–water partition coefficient (Wildman–Crippen LogP) is 3.15. The average molecular weight is 213 g/mol. The molecule has 0 aliphatic rings. The van der Waals surface area contributed by atoms with Crippen LogP contribution in [0.4, 0.5) is 0 Å². The van der Waals surface area contributed by atoms with Crippen molar-refractivity contribution in [1.29, 1.82) is 0 Å². The summed E-state index contributed by atoms with van der Waals surface area (Å²) in [5, 5.41) is 1.09. The van der Waals surface area contributed by atoms with Gasteiger partial charge in [0.05, 0.1) is 5.52 Å². The highest BCUT2D eigenvalue weighted by Crippen LogP contribution is 2.17. The molecule has 1 heterocycles. The number of para-hydroxylation sites is 1. The van der Waals surface area contributed by atoms with Gasteiger partial charge in [-0.05, 0) is 24.1 Å². The molecule has 82 valence electrons. The third-order valence-electron chi connectivity index (χ3n) is 2.66. The van der Waals surface area contributed by atoms with Crippen LogP contribution >= 0.6 is 0 Å². The van der Waals surface area contributed by atoms with Gasteiger partial charge in [-0.25, -0.2) is 0 Å². The minimum absolute atomic E-state index is 0.304. The summed E-state index contributed by atoms with van der Waals surface area (Å²) in [5.74, 6) is 0.304. The molecule has 0 fully saturated rings. The zero-order chi connectivity index (χ0) is 11.4. The van der Waals surface area contributed by atoms with Crippen molar-refractivity contribution < 1.29 is 4.79 Å². The molecule has 0 atom stereocenters. The summed E-state index contributed by atoms with van der Waals surface area (Å²) in [4.78, 5) is 15.9. The topological polar surface area (TPSA) is 30.0 Å². The number of benzene rings is 1. The molecule has 0 bridgehead atoms. The summed E-state index contributed by atoms with van der Waals surface area (Å²) in [5.41, 5.74) is 2.05. The molecule has 0 aliphatic heterocycles. The molecule has 0 saturated heterocycles. The van der Waals surface area contributed by atoms with Gasteiger partial charge in [-0.1, -0.05) is 25.1 Å². The lowest BCUT2D eigenvalue weighted by molar-refractivity contribution is -0.118. The molecule has 1 aromatic heterocycles. The van der Waals surface area contributed by atoms with Crippen LogP contribution in [0.1, 0.15) is 25.3 Å². The molecule has 0 N–H and O–H groups in total. The van der Waals surface area contributed by atoms with Gasteiger partial charge in [0, 0.05) is 24.4 Å². The van der Waals surface area contributed by atoms with E-state index in [1.807, 2.05) is 37.3 Å². The number of nitrogens with zero attached hydrogens (tertiary/aromatic N) is 1. The van der Waals surface area contributed by atoms with Gasteiger partial charge in [-0.3, -0.25) is 9.78 Å². The van der Waals surface area contributed by atoms with E-state index in [0.717, 1.165) is 22.9 Å². The Balaban J connectivity index is 2.33. The van der Waals surface area contributed by atoms with Gasteiger partial charge in [-0.15, -0.1) is 0 Å². The molecular weight excluding hydrogens is 198 g/mol. The van der Waals surface area contributed by atoms with Gasteiger partial charge in [0.25, 0.3) is 0 Å². The molecule has 16 heavy (non-hydrogen) atoms. The lowest BCUT2D eigenvalue weighted by Gasteiger charge is -2.04. The third kappa shape index (κ3) is 2.27. The summed E-state index contributed by atoms with van der Waals surface area (Å²) in [6.07, 6.45) is 3.88. The molecule has 2 rings (SSSR count). The second-order valence-corrected chi connectivity index (χ2v) is 3.95. The summed E-state index contributed by atoms with van der Waals surface area (Å²) >= 11 is 0. The van der Waals surface area contributed by atoms with E-state index in [1.54, 1.807) is 6.20 Å². The Morgan fingerprint density at radius 1 is 1.25 bits per heavy atom. The van der Waals surface area contributed by atoms with Gasteiger partial charge in [0.2, 0.25) is 0 Å². The number of aromatic nitrogens is 1. The number of ketones is 1. The highest BCUT2D eigenvalue weighted by molar-refractivity contribution is 5.88. The van der Waals surface area contributed by atoms with Crippen molar-refractivity contribution in [2.24, 2.45) is 0 Å². The van der Waals surface area contributed by atoms with Crippen molar-refractivity contribution in [2.45, 2.75) is 26.2 Å². The first-order chi connectivity index (χ1) is 7.81. The van der Waals surface area contributed by atoms with Gasteiger partial charge < -0.3 is 0 Å². The molecule has 0 unspecified atom stereocenters. The molecule has 1 aromatic carbocycles. The third-order valence-corrected chi connectivity index (χ3v) is 2.66. The fraction of sp³-hybridized carbons (Fsp3) is 0.286. The maximum Gasteiger partial charge on any atom is 0.137 e. The van der Waals surface area contributed by atoms with Crippen LogP contribution in [0, 0.1) is 0 Å². The Bertz CT molecular complexity index is 500. The van der Waals surface area contributed by atoms with E-state index >= 15 is 0 Å². The number of carbonyl (C=O) groups is 1. The van der Waals surface area contributed by atoms with Crippen LogP contribution in [0.2, 0.25) is 0 Å². The van der Waals surface area contributed by atoms with Gasteiger partial charge in [0.1, 0.15) is 5.78 Å². The predicted molar refractivity (Wildman–Crippen MR) is 65.4 cm³/mol. The first kappa shape index (κ1) is 10.8. The molecular formula is C14H15NO. The van der Waals surface area contributed by atoms with Crippen molar-refractivity contribution >= 4 is 16.7 Å². The van der Waals surface area contributed by atoms with Crippen LogP contribution in [0.25, 0.3) is 10.9 Å². The Labute approximate surface area is 95.3 Å². The van der Waals surface area contributed by atoms with Crippen LogP contribution in [-0.2, 0) is 11.2 Å². The Morgan fingerprint density at radius 3 is 2.88 bits per heavy atom. The maximum absolute atomic E-state index is 11.6. The number of Topliss-reactive ketones (excluding diaryl/α,β-unsaturated/α-hetero) is 1. The highest BCUT2D eigenvalue weighted by Gasteiger charge is 2.06. The van der Waals surface area contributed by atoms with E-state index in [-0.39, 0.29) is 0 Å². The minimum atomic E-state index is 0.304. The van der Waals surface area contributed by atoms with Crippen molar-refractivity contribution in [3.8, 4) is 0 Å². The van der Waals surface area contributed by atoms with E-state index in [4.69, 9.17) is 0 Å². The highest BCUT2D eigenvalue weighted by atomic mass is 16.1. The lowest BCUT2D eigenvalue weighted by Crippen LogP contribution is -2.02. The Morgan fingerprint density at radius 2 is 2.06 bits per heavy atom. The summed E-state index contributed by atoms with van der Waals surface area (Å²) < 4.78 is 0. The maximum atomic E-state index is 11.6. The fourth-order valence-electron chi connectivity index (χ4n) is 1.89. The monoisotopic (exact) mass is 213 g/mol. The van der Waals surface area contributed by atoms with Crippen LogP contribution in [-0.4, -0.2) is 10.8 Å². The first-order valence-corrected chi connectivity index (χ1v) is 5.65. The van der Waals surface area contributed by atoms with Gasteiger partial charge in [0.15, 0.2) is 0 Å². The van der Waals surface area contributed by atoms with Gasteiger partial charge >= 0.3 is 0 Å². The smallest absolute Gasteiger partial charge is 0.137 e. The zero-order valence-corrected chi connectivity index (χ0v) is 9.44. The fourth-order valence-corrected chi connectivity index (χ4v) is 1.89. The largest absolute Gasteiger partial charge is 0.299 e. The number of fused-ring (bicyclic) bond motifs is 1. The molecule has 2 heteroatoms. The molecule has 2 nitrogen and oxygen atoms in total. The van der Waals surface area contributed by atoms with E-state index in [2.05, 4.69) is 4.98 Å². The zero-order valence-electron chi connectivity index (χ0n) is 9.44. The van der Waals surface area contributed by atoms with E-state index in [0.29, 0.717) is 18.6 Å². The van der Waals surface area contributed by atoms with Crippen molar-refractivity contribution in [3.05, 3.63) is 42.1 Å². The standard InChI is InChI=1S/C14H15NO/c1-2-5-12(16)10-11-8-9-15-14-7-4-3-6-13(11)14/h3-4,6-9H,2,5,10H2,1H3. The number of rotatable bonds is 4. The molecule has 2 aromatic rings. The Kier molecular flexibility index (Phi) is 3.30. The van der Waals surface area contributed by atoms with Crippen molar-refractivity contribution in [3.63, 3.8) is 0 Å². The number of hydrogen-bond donors (Lipinski definition) is 0. The average Bonchev–Trinajstić information content (AvgIpc) is 2.30. The molecule has 0 aliphatic carbocycles. The second-order valence-electron chi connectivity index (χ2n) is 3.95. The first-order valence-electron chi connectivity index (χ1n) is 5.65. The van der Waals surface area contributed by atoms with Crippen molar-refractivity contribution in [1.82, 2.24) is 4.98 Å². The summed E-state index contributed by atoms with van der Waals surface area (Å²) in [7, 11) is 0. The van der Waals surface area contributed by atoms with E-state index in [1.165, 1.54) is 0 Å². The van der Waals surface area contributed by atoms with Crippen LogP contribution in [0.3, 0.4) is 0 Å². The van der Waals surface area contributed by atoms with Crippen LogP contribution in [0.15, 0.2) is 36.5 Å². The van der Waals surface area contributed by atoms with Gasteiger partial charge in [-0.2, -0.15) is 0 Å². The number of hydrogen-bond acceptors (Lipinski definition) is 2. The SMILES string of the molecule is CCCC(=O)Cc1ccnc2ccccc12. The number of carbonyl (C=O) groups excluding carboxylic acids is 1. The minimum Gasteiger partial charge on any atom is -0.299 e. The molecule has 0 amide bonds. The summed E-state index contributed by atoms with van der Waals surface area (Å²) in [6, 6.07) is 9.89. The Hall–Kier alpha value is -1.70. The summed E-state index contributed by atoms with van der Waals surface area (Å²) in [6.45, 7) is 2.03. The quantitative estimate of drug-likeness (QED) is 0.781. The van der Waals surface area contributed by atoms with Crippen molar-refractivity contribution in [2.75, 3.05) is 0 Å². The van der Waals surface area contributed by atoms with Crippen LogP contribution in [0.5, 0.6) is 0 Å². The van der Waals surface area contributed by atoms with E-state index in [9.17, 15) is 4.79 Å². The molecule has 0 saturated carbocycles. The van der Waals surface area contributed by atoms with Crippen LogP contribution < -0.4 is 0 Å². The number of pyridine rings is 1. The second kappa shape index (κ2) is 4.88.